The zero-order chi connectivity index (χ0) is 19.5. The number of nitrogens with zero attached hydrogens (tertiary/aromatic N) is 5. The maximum absolute atomic E-state index is 12.6. The van der Waals surface area contributed by atoms with Gasteiger partial charge in [0.05, 0.1) is 29.5 Å². The third kappa shape index (κ3) is 3.96. The number of hydrogen-bond acceptors (Lipinski definition) is 6. The van der Waals surface area contributed by atoms with Crippen molar-refractivity contribution in [1.29, 1.82) is 0 Å². The van der Waals surface area contributed by atoms with Crippen LogP contribution in [0.25, 0.3) is 10.9 Å². The molecule has 8 nitrogen and oxygen atoms in total. The molecule has 1 aliphatic rings. The summed E-state index contributed by atoms with van der Waals surface area (Å²) in [6.45, 7) is 5.90. The zero-order valence-corrected chi connectivity index (χ0v) is 15.9. The summed E-state index contributed by atoms with van der Waals surface area (Å²) in [5.41, 5.74) is 1.45. The van der Waals surface area contributed by atoms with E-state index < -0.39 is 0 Å². The monoisotopic (exact) mass is 381 g/mol. The van der Waals surface area contributed by atoms with E-state index in [1.54, 1.807) is 6.07 Å². The molecular formula is C20H23N5O3. The Hall–Kier alpha value is -3.00. The van der Waals surface area contributed by atoms with E-state index >= 15 is 0 Å². The van der Waals surface area contributed by atoms with Gasteiger partial charge in [0, 0.05) is 45.2 Å². The summed E-state index contributed by atoms with van der Waals surface area (Å²) < 4.78 is 6.78. The smallest absolute Gasteiger partial charge is 0.261 e. The molecule has 4 rings (SSSR count). The normalized spacial score (nSPS) is 15.2. The molecule has 1 saturated heterocycles. The number of rotatable bonds is 5. The Labute approximate surface area is 162 Å². The van der Waals surface area contributed by atoms with Gasteiger partial charge < -0.3 is 9.42 Å². The van der Waals surface area contributed by atoms with Crippen LogP contribution in [0.15, 0.2) is 46.0 Å². The highest BCUT2D eigenvalue weighted by Gasteiger charge is 2.22. The summed E-state index contributed by atoms with van der Waals surface area (Å²) in [5, 5.41) is 4.48. The third-order valence-electron chi connectivity index (χ3n) is 5.08. The lowest BCUT2D eigenvalue weighted by Crippen LogP contribution is -2.48. The van der Waals surface area contributed by atoms with Crippen molar-refractivity contribution in [3.8, 4) is 0 Å². The lowest BCUT2D eigenvalue weighted by molar-refractivity contribution is -0.133. The fourth-order valence-corrected chi connectivity index (χ4v) is 3.51. The number of aromatic nitrogens is 3. The molecule has 3 aromatic rings. The molecule has 1 amide bonds. The van der Waals surface area contributed by atoms with Crippen molar-refractivity contribution in [3.63, 3.8) is 0 Å². The Balaban J connectivity index is 1.30. The minimum absolute atomic E-state index is 0.0650. The number of piperazine rings is 1. The number of para-hydroxylation sites is 1. The van der Waals surface area contributed by atoms with Gasteiger partial charge in [-0.15, -0.1) is 0 Å². The van der Waals surface area contributed by atoms with Gasteiger partial charge in [-0.05, 0) is 19.1 Å². The number of carbonyl (C=O) groups excluding carboxylic acids is 1. The van der Waals surface area contributed by atoms with Crippen molar-refractivity contribution >= 4 is 16.8 Å². The molecule has 0 aliphatic carbocycles. The first-order chi connectivity index (χ1) is 13.6. The van der Waals surface area contributed by atoms with Crippen LogP contribution < -0.4 is 5.56 Å². The first kappa shape index (κ1) is 18.4. The number of amides is 1. The van der Waals surface area contributed by atoms with Crippen LogP contribution in [0.4, 0.5) is 0 Å². The standard InChI is InChI=1S/C20H23N5O3/c1-15-12-16(28-22-15)13-23-8-10-24(11-9-23)19(26)6-7-25-14-21-18-5-3-2-4-17(18)20(25)27/h2-5,12,14H,6-11,13H2,1H3. The number of benzene rings is 1. The molecule has 0 N–H and O–H groups in total. The molecule has 1 aliphatic heterocycles. The van der Waals surface area contributed by atoms with Gasteiger partial charge in [0.2, 0.25) is 5.91 Å². The molecule has 28 heavy (non-hydrogen) atoms. The van der Waals surface area contributed by atoms with E-state index in [4.69, 9.17) is 4.52 Å². The highest BCUT2D eigenvalue weighted by atomic mass is 16.5. The van der Waals surface area contributed by atoms with Crippen LogP contribution in [0.1, 0.15) is 17.9 Å². The summed E-state index contributed by atoms with van der Waals surface area (Å²) in [7, 11) is 0. The van der Waals surface area contributed by atoms with Gasteiger partial charge in [-0.25, -0.2) is 4.98 Å². The van der Waals surface area contributed by atoms with Crippen molar-refractivity contribution in [1.82, 2.24) is 24.5 Å². The molecule has 1 aromatic carbocycles. The highest BCUT2D eigenvalue weighted by Crippen LogP contribution is 2.11. The number of carbonyl (C=O) groups is 1. The van der Waals surface area contributed by atoms with Crippen molar-refractivity contribution in [2.24, 2.45) is 0 Å². The van der Waals surface area contributed by atoms with Gasteiger partial charge in [0.25, 0.3) is 5.56 Å². The maximum Gasteiger partial charge on any atom is 0.261 e. The van der Waals surface area contributed by atoms with E-state index in [0.29, 0.717) is 43.5 Å². The molecule has 3 heterocycles. The molecule has 8 heteroatoms. The van der Waals surface area contributed by atoms with E-state index in [-0.39, 0.29) is 11.5 Å². The minimum atomic E-state index is -0.106. The lowest BCUT2D eigenvalue weighted by Gasteiger charge is -2.34. The Morgan fingerprint density at radius 1 is 1.18 bits per heavy atom. The molecule has 2 aromatic heterocycles. The van der Waals surface area contributed by atoms with Gasteiger partial charge in [-0.3, -0.25) is 19.1 Å². The Kier molecular flexibility index (Phi) is 5.21. The van der Waals surface area contributed by atoms with Gasteiger partial charge in [-0.1, -0.05) is 17.3 Å². The van der Waals surface area contributed by atoms with E-state index in [9.17, 15) is 9.59 Å². The number of hydrogen-bond donors (Lipinski definition) is 0. The number of aryl methyl sites for hydroxylation is 2. The fraction of sp³-hybridized carbons (Fsp3) is 0.400. The quantitative estimate of drug-likeness (QED) is 0.665. The second-order valence-electron chi connectivity index (χ2n) is 7.10. The Morgan fingerprint density at radius 2 is 1.96 bits per heavy atom. The predicted molar refractivity (Wildman–Crippen MR) is 104 cm³/mol. The van der Waals surface area contributed by atoms with Crippen molar-refractivity contribution in [3.05, 3.63) is 58.5 Å². The van der Waals surface area contributed by atoms with Crippen molar-refractivity contribution in [2.75, 3.05) is 26.2 Å². The van der Waals surface area contributed by atoms with E-state index in [1.165, 1.54) is 10.9 Å². The SMILES string of the molecule is Cc1cc(CN2CCN(C(=O)CCn3cnc4ccccc4c3=O)CC2)on1. The zero-order valence-electron chi connectivity index (χ0n) is 15.9. The van der Waals surface area contributed by atoms with Crippen LogP contribution in [0.2, 0.25) is 0 Å². The average molecular weight is 381 g/mol. The Morgan fingerprint density at radius 3 is 2.71 bits per heavy atom. The molecule has 0 bridgehead atoms. The van der Waals surface area contributed by atoms with Crippen molar-refractivity contribution < 1.29 is 9.32 Å². The predicted octanol–water partition coefficient (Wildman–Crippen LogP) is 1.43. The van der Waals surface area contributed by atoms with E-state index in [0.717, 1.165) is 24.5 Å². The topological polar surface area (TPSA) is 84.5 Å². The van der Waals surface area contributed by atoms with Gasteiger partial charge in [0.1, 0.15) is 0 Å². The van der Waals surface area contributed by atoms with E-state index in [2.05, 4.69) is 15.0 Å². The van der Waals surface area contributed by atoms with Crippen LogP contribution in [0.5, 0.6) is 0 Å². The molecule has 0 saturated carbocycles. The van der Waals surface area contributed by atoms with Gasteiger partial charge in [0.15, 0.2) is 5.76 Å². The van der Waals surface area contributed by atoms with Gasteiger partial charge >= 0.3 is 0 Å². The largest absolute Gasteiger partial charge is 0.360 e. The second-order valence-corrected chi connectivity index (χ2v) is 7.10. The first-order valence-electron chi connectivity index (χ1n) is 9.46. The Bertz CT molecular complexity index is 1030. The molecule has 1 fully saturated rings. The van der Waals surface area contributed by atoms with Crippen molar-refractivity contribution in [2.45, 2.75) is 26.4 Å². The second kappa shape index (κ2) is 7.93. The van der Waals surface area contributed by atoms with Crippen LogP contribution in [-0.2, 0) is 17.9 Å². The summed E-state index contributed by atoms with van der Waals surface area (Å²) in [6, 6.07) is 9.18. The van der Waals surface area contributed by atoms with Crippen LogP contribution in [0.3, 0.4) is 0 Å². The summed E-state index contributed by atoms with van der Waals surface area (Å²) in [4.78, 5) is 33.5. The molecule has 0 radical (unpaired) electrons. The third-order valence-corrected chi connectivity index (χ3v) is 5.08. The summed E-state index contributed by atoms with van der Waals surface area (Å²) in [5.74, 6) is 0.913. The summed E-state index contributed by atoms with van der Waals surface area (Å²) in [6.07, 6.45) is 1.82. The van der Waals surface area contributed by atoms with E-state index in [1.807, 2.05) is 36.1 Å². The lowest BCUT2D eigenvalue weighted by atomic mass is 10.2. The molecular weight excluding hydrogens is 358 g/mol. The van der Waals surface area contributed by atoms with Crippen LogP contribution >= 0.6 is 0 Å². The molecule has 0 atom stereocenters. The molecule has 0 spiro atoms. The highest BCUT2D eigenvalue weighted by molar-refractivity contribution is 5.77. The first-order valence-corrected chi connectivity index (χ1v) is 9.46. The molecule has 146 valence electrons. The average Bonchev–Trinajstić information content (AvgIpc) is 3.12. The van der Waals surface area contributed by atoms with Crippen LogP contribution in [0, 0.1) is 6.92 Å². The van der Waals surface area contributed by atoms with Gasteiger partial charge in [-0.2, -0.15) is 0 Å². The molecule has 0 unspecified atom stereocenters. The van der Waals surface area contributed by atoms with Crippen LogP contribution in [-0.4, -0.2) is 56.6 Å². The minimum Gasteiger partial charge on any atom is -0.360 e. The summed E-state index contributed by atoms with van der Waals surface area (Å²) >= 11 is 0. The fourth-order valence-electron chi connectivity index (χ4n) is 3.51. The maximum atomic E-state index is 12.6. The number of fused-ring (bicyclic) bond motifs is 1.